The fourth-order valence-corrected chi connectivity index (χ4v) is 3.16. The van der Waals surface area contributed by atoms with Crippen molar-refractivity contribution in [3.05, 3.63) is 55.4 Å². The van der Waals surface area contributed by atoms with Crippen molar-refractivity contribution in [3.63, 3.8) is 0 Å². The molecule has 0 aromatic carbocycles. The lowest BCUT2D eigenvalue weighted by atomic mass is 10.1. The summed E-state index contributed by atoms with van der Waals surface area (Å²) in [4.78, 5) is 52.4. The van der Waals surface area contributed by atoms with Crippen molar-refractivity contribution < 1.29 is 4.79 Å². The molecule has 1 amide bonds. The average Bonchev–Trinajstić information content (AvgIpc) is 3.38. The Morgan fingerprint density at radius 2 is 2.08 bits per heavy atom. The van der Waals surface area contributed by atoms with E-state index >= 15 is 0 Å². The molecule has 2 aromatic rings. The molecule has 2 aliphatic rings. The molecule has 1 fully saturated rings. The lowest BCUT2D eigenvalue weighted by Gasteiger charge is -2.27. The maximum absolute atomic E-state index is 12.7. The molecule has 25 heavy (non-hydrogen) atoms. The van der Waals surface area contributed by atoms with Crippen LogP contribution in [0, 0.1) is 12.8 Å². The number of amides is 1. The second kappa shape index (κ2) is 5.94. The number of hydrogen-bond donors (Lipinski definition) is 2. The smallest absolute Gasteiger partial charge is 0.263 e. The molecule has 3 heterocycles. The van der Waals surface area contributed by atoms with Crippen LogP contribution in [-0.2, 0) is 19.4 Å². The molecule has 130 valence electrons. The van der Waals surface area contributed by atoms with Gasteiger partial charge >= 0.3 is 0 Å². The molecule has 0 radical (unpaired) electrons. The summed E-state index contributed by atoms with van der Waals surface area (Å²) in [5.41, 5.74) is 0.728. The lowest BCUT2D eigenvalue weighted by molar-refractivity contribution is 0.0728. The van der Waals surface area contributed by atoms with Gasteiger partial charge in [0.1, 0.15) is 17.2 Å². The second-order valence-electron chi connectivity index (χ2n) is 6.77. The predicted octanol–water partition coefficient (Wildman–Crippen LogP) is 0.313. The third kappa shape index (κ3) is 3.11. The number of rotatable bonds is 3. The highest BCUT2D eigenvalue weighted by Gasteiger charge is 2.28. The molecular formula is C17H19N5O3. The number of nitrogens with zero attached hydrogens (tertiary/aromatic N) is 3. The monoisotopic (exact) mass is 341 g/mol. The van der Waals surface area contributed by atoms with Gasteiger partial charge in [-0.3, -0.25) is 14.4 Å². The third-order valence-electron chi connectivity index (χ3n) is 4.75. The van der Waals surface area contributed by atoms with Gasteiger partial charge in [-0.2, -0.15) is 0 Å². The van der Waals surface area contributed by atoms with E-state index in [-0.39, 0.29) is 23.6 Å². The van der Waals surface area contributed by atoms with Crippen molar-refractivity contribution in [1.82, 2.24) is 24.8 Å². The number of aryl methyl sites for hydroxylation is 1. The molecule has 2 N–H and O–H groups in total. The molecular weight excluding hydrogens is 322 g/mol. The Bertz CT molecular complexity index is 957. The van der Waals surface area contributed by atoms with Crippen LogP contribution in [0.4, 0.5) is 0 Å². The minimum atomic E-state index is -0.448. The van der Waals surface area contributed by atoms with Crippen molar-refractivity contribution in [2.75, 3.05) is 6.54 Å². The van der Waals surface area contributed by atoms with E-state index < -0.39 is 5.56 Å². The molecule has 0 atom stereocenters. The normalized spacial score (nSPS) is 16.6. The first-order valence-corrected chi connectivity index (χ1v) is 8.47. The molecule has 0 saturated heterocycles. The number of fused-ring (bicyclic) bond motifs is 1. The van der Waals surface area contributed by atoms with Gasteiger partial charge in [0.2, 0.25) is 0 Å². The first kappa shape index (κ1) is 15.7. The summed E-state index contributed by atoms with van der Waals surface area (Å²) in [5, 5.41) is 0. The number of carbonyl (C=O) groups is 1. The number of carbonyl (C=O) groups excluding carboxylic acids is 1. The minimum absolute atomic E-state index is 0.0112. The van der Waals surface area contributed by atoms with E-state index in [0.29, 0.717) is 41.8 Å². The Morgan fingerprint density at radius 1 is 1.28 bits per heavy atom. The van der Waals surface area contributed by atoms with Crippen LogP contribution in [0.5, 0.6) is 0 Å². The SMILES string of the molecule is Cc1ncc(C(=O)N2CCc3c(nc(CC4CC4)[nH]c3=O)C2)c(=O)[nH]1. The van der Waals surface area contributed by atoms with Crippen LogP contribution in [0.15, 0.2) is 15.8 Å². The molecule has 0 spiro atoms. The first-order chi connectivity index (χ1) is 12.0. The standard InChI is InChI=1S/C17H19N5O3/c1-9-18-7-12(16(24)19-9)17(25)22-5-4-11-13(8-22)20-14(21-15(11)23)6-10-2-3-10/h7,10H,2-6,8H2,1H3,(H,18,19,24)(H,20,21,23). The van der Waals surface area contributed by atoms with Gasteiger partial charge in [0.15, 0.2) is 0 Å². The minimum Gasteiger partial charge on any atom is -0.332 e. The summed E-state index contributed by atoms with van der Waals surface area (Å²) >= 11 is 0. The largest absolute Gasteiger partial charge is 0.332 e. The second-order valence-corrected chi connectivity index (χ2v) is 6.77. The zero-order chi connectivity index (χ0) is 17.6. The van der Waals surface area contributed by atoms with Gasteiger partial charge in [0.25, 0.3) is 17.0 Å². The fourth-order valence-electron chi connectivity index (χ4n) is 3.16. The highest BCUT2D eigenvalue weighted by atomic mass is 16.2. The Kier molecular flexibility index (Phi) is 3.74. The molecule has 8 heteroatoms. The van der Waals surface area contributed by atoms with Gasteiger partial charge < -0.3 is 14.9 Å². The first-order valence-electron chi connectivity index (χ1n) is 8.47. The van der Waals surface area contributed by atoms with Crippen molar-refractivity contribution >= 4 is 5.91 Å². The van der Waals surface area contributed by atoms with Crippen LogP contribution < -0.4 is 11.1 Å². The van der Waals surface area contributed by atoms with E-state index in [4.69, 9.17) is 0 Å². The van der Waals surface area contributed by atoms with Gasteiger partial charge in [-0.25, -0.2) is 9.97 Å². The predicted molar refractivity (Wildman–Crippen MR) is 89.3 cm³/mol. The molecule has 1 aliphatic heterocycles. The topological polar surface area (TPSA) is 112 Å². The van der Waals surface area contributed by atoms with Gasteiger partial charge in [0.05, 0.1) is 12.2 Å². The molecule has 0 unspecified atom stereocenters. The highest BCUT2D eigenvalue weighted by Crippen LogP contribution is 2.31. The quantitative estimate of drug-likeness (QED) is 0.835. The van der Waals surface area contributed by atoms with Crippen molar-refractivity contribution in [2.45, 2.75) is 39.2 Å². The van der Waals surface area contributed by atoms with Crippen LogP contribution in [0.3, 0.4) is 0 Å². The lowest BCUT2D eigenvalue weighted by Crippen LogP contribution is -2.41. The van der Waals surface area contributed by atoms with E-state index in [1.54, 1.807) is 11.8 Å². The van der Waals surface area contributed by atoms with Gasteiger partial charge in [0, 0.05) is 24.7 Å². The third-order valence-corrected chi connectivity index (χ3v) is 4.75. The van der Waals surface area contributed by atoms with Gasteiger partial charge in [-0.1, -0.05) is 0 Å². The highest BCUT2D eigenvalue weighted by molar-refractivity contribution is 5.93. The van der Waals surface area contributed by atoms with Crippen molar-refractivity contribution in [2.24, 2.45) is 5.92 Å². The summed E-state index contributed by atoms with van der Waals surface area (Å²) in [5.74, 6) is 1.38. The maximum atomic E-state index is 12.7. The molecule has 4 rings (SSSR count). The van der Waals surface area contributed by atoms with Crippen molar-refractivity contribution in [1.29, 1.82) is 0 Å². The summed E-state index contributed by atoms with van der Waals surface area (Å²) < 4.78 is 0. The summed E-state index contributed by atoms with van der Waals surface area (Å²) in [6, 6.07) is 0. The Hall–Kier alpha value is -2.77. The average molecular weight is 341 g/mol. The van der Waals surface area contributed by atoms with Crippen LogP contribution >= 0.6 is 0 Å². The molecule has 1 aliphatic carbocycles. The fraction of sp³-hybridized carbons (Fsp3) is 0.471. The Balaban J connectivity index is 1.61. The summed E-state index contributed by atoms with van der Waals surface area (Å²) in [7, 11) is 0. The maximum Gasteiger partial charge on any atom is 0.263 e. The molecule has 2 aromatic heterocycles. The number of aromatic amines is 2. The Labute approximate surface area is 143 Å². The number of nitrogens with one attached hydrogen (secondary N) is 2. The summed E-state index contributed by atoms with van der Waals surface area (Å²) in [6.07, 6.45) is 4.86. The molecule has 8 nitrogen and oxygen atoms in total. The van der Waals surface area contributed by atoms with Crippen LogP contribution in [0.25, 0.3) is 0 Å². The van der Waals surface area contributed by atoms with E-state index in [9.17, 15) is 14.4 Å². The Morgan fingerprint density at radius 3 is 2.80 bits per heavy atom. The van der Waals surface area contributed by atoms with E-state index in [1.807, 2.05) is 0 Å². The molecule has 1 saturated carbocycles. The van der Waals surface area contributed by atoms with Gasteiger partial charge in [-0.15, -0.1) is 0 Å². The van der Waals surface area contributed by atoms with E-state index in [1.165, 1.54) is 19.0 Å². The molecule has 0 bridgehead atoms. The summed E-state index contributed by atoms with van der Waals surface area (Å²) in [6.45, 7) is 2.28. The number of hydrogen-bond acceptors (Lipinski definition) is 5. The van der Waals surface area contributed by atoms with Crippen LogP contribution in [0.2, 0.25) is 0 Å². The van der Waals surface area contributed by atoms with E-state index in [0.717, 1.165) is 6.42 Å². The zero-order valence-electron chi connectivity index (χ0n) is 14.0. The zero-order valence-corrected chi connectivity index (χ0v) is 14.0. The van der Waals surface area contributed by atoms with Crippen LogP contribution in [0.1, 0.15) is 46.1 Å². The number of aromatic nitrogens is 4. The van der Waals surface area contributed by atoms with Crippen molar-refractivity contribution in [3.8, 4) is 0 Å². The van der Waals surface area contributed by atoms with Crippen LogP contribution in [-0.4, -0.2) is 37.3 Å². The van der Waals surface area contributed by atoms with E-state index in [2.05, 4.69) is 19.9 Å². The number of H-pyrrole nitrogens is 2. The van der Waals surface area contributed by atoms with Gasteiger partial charge in [-0.05, 0) is 32.1 Å².